The Morgan fingerprint density at radius 1 is 1.56 bits per heavy atom. The lowest BCUT2D eigenvalue weighted by Gasteiger charge is -2.09. The molecule has 6 heteroatoms. The van der Waals surface area contributed by atoms with Gasteiger partial charge in [-0.2, -0.15) is 0 Å². The van der Waals surface area contributed by atoms with E-state index in [0.29, 0.717) is 36.6 Å². The first-order chi connectivity index (χ1) is 7.61. The van der Waals surface area contributed by atoms with Crippen molar-refractivity contribution in [1.29, 1.82) is 0 Å². The van der Waals surface area contributed by atoms with Gasteiger partial charge < -0.3 is 15.2 Å². The molecule has 2 N–H and O–H groups in total. The second kappa shape index (κ2) is 6.62. The van der Waals surface area contributed by atoms with E-state index in [0.717, 1.165) is 0 Å². The smallest absolute Gasteiger partial charge is 0.158 e. The molecular formula is C10H16ClN3O2. The van der Waals surface area contributed by atoms with Crippen molar-refractivity contribution in [2.45, 2.75) is 26.6 Å². The van der Waals surface area contributed by atoms with E-state index in [-0.39, 0.29) is 0 Å². The minimum absolute atomic E-state index is 0.334. The van der Waals surface area contributed by atoms with Crippen LogP contribution < -0.4 is 5.32 Å². The summed E-state index contributed by atoms with van der Waals surface area (Å²) in [5.41, 5.74) is 0. The molecule has 0 fully saturated rings. The summed E-state index contributed by atoms with van der Waals surface area (Å²) in [5.74, 6) is 1.12. The van der Waals surface area contributed by atoms with Crippen molar-refractivity contribution in [2.24, 2.45) is 0 Å². The van der Waals surface area contributed by atoms with Crippen molar-refractivity contribution < 1.29 is 9.84 Å². The monoisotopic (exact) mass is 245 g/mol. The van der Waals surface area contributed by atoms with Gasteiger partial charge >= 0.3 is 0 Å². The second-order valence-corrected chi connectivity index (χ2v) is 3.75. The van der Waals surface area contributed by atoms with Crippen LogP contribution in [0, 0.1) is 0 Å². The zero-order valence-corrected chi connectivity index (χ0v) is 10.2. The van der Waals surface area contributed by atoms with Gasteiger partial charge in [0.1, 0.15) is 17.6 Å². The molecule has 0 radical (unpaired) electrons. The van der Waals surface area contributed by atoms with E-state index in [4.69, 9.17) is 21.4 Å². The predicted octanol–water partition coefficient (Wildman–Crippen LogP) is 1.46. The van der Waals surface area contributed by atoms with Gasteiger partial charge in [-0.25, -0.2) is 9.97 Å². The molecule has 0 aliphatic carbocycles. The first-order valence-electron chi connectivity index (χ1n) is 5.15. The van der Waals surface area contributed by atoms with Gasteiger partial charge in [0.05, 0.1) is 6.10 Å². The molecule has 1 aromatic heterocycles. The quantitative estimate of drug-likeness (QED) is 0.743. The topological polar surface area (TPSA) is 67.3 Å². The number of aliphatic hydroxyl groups excluding tert-OH is 1. The van der Waals surface area contributed by atoms with Crippen LogP contribution in [0.1, 0.15) is 19.7 Å². The number of aliphatic hydroxyl groups is 1. The Kier molecular flexibility index (Phi) is 5.45. The lowest BCUT2D eigenvalue weighted by Crippen LogP contribution is -2.16. The van der Waals surface area contributed by atoms with Crippen molar-refractivity contribution >= 4 is 17.4 Å². The van der Waals surface area contributed by atoms with Crippen molar-refractivity contribution in [3.05, 3.63) is 17.0 Å². The number of hydrogen-bond donors (Lipinski definition) is 2. The largest absolute Gasteiger partial charge is 0.392 e. The van der Waals surface area contributed by atoms with E-state index in [2.05, 4.69) is 15.3 Å². The van der Waals surface area contributed by atoms with Crippen LogP contribution in [0.3, 0.4) is 0 Å². The number of halogens is 1. The Bertz CT molecular complexity index is 334. The summed E-state index contributed by atoms with van der Waals surface area (Å²) in [5, 5.41) is 12.4. The Morgan fingerprint density at radius 2 is 2.31 bits per heavy atom. The van der Waals surface area contributed by atoms with E-state index in [1.165, 1.54) is 0 Å². The summed E-state index contributed by atoms with van der Waals surface area (Å²) in [6.45, 7) is 4.95. The molecule has 0 saturated carbocycles. The Balaban J connectivity index is 2.65. The van der Waals surface area contributed by atoms with Crippen LogP contribution in [0.15, 0.2) is 6.07 Å². The number of rotatable bonds is 6. The summed E-state index contributed by atoms with van der Waals surface area (Å²) in [6.07, 6.45) is -0.441. The van der Waals surface area contributed by atoms with Gasteiger partial charge in [0.2, 0.25) is 0 Å². The number of aromatic nitrogens is 2. The van der Waals surface area contributed by atoms with Crippen LogP contribution in [0.2, 0.25) is 5.15 Å². The normalized spacial score (nSPS) is 12.5. The minimum Gasteiger partial charge on any atom is -0.392 e. The Labute approximate surface area is 99.8 Å². The number of nitrogens with zero attached hydrogens (tertiary/aromatic N) is 2. The fourth-order valence-corrected chi connectivity index (χ4v) is 1.27. The maximum atomic E-state index is 9.13. The first-order valence-corrected chi connectivity index (χ1v) is 5.52. The maximum Gasteiger partial charge on any atom is 0.158 e. The summed E-state index contributed by atoms with van der Waals surface area (Å²) in [7, 11) is 0. The van der Waals surface area contributed by atoms with Crippen molar-refractivity contribution in [2.75, 3.05) is 18.5 Å². The average molecular weight is 246 g/mol. The third kappa shape index (κ3) is 4.74. The third-order valence-electron chi connectivity index (χ3n) is 1.76. The van der Waals surface area contributed by atoms with E-state index < -0.39 is 6.10 Å². The highest BCUT2D eigenvalue weighted by Crippen LogP contribution is 2.12. The molecule has 0 aromatic carbocycles. The van der Waals surface area contributed by atoms with Gasteiger partial charge in [0, 0.05) is 19.2 Å². The molecule has 16 heavy (non-hydrogen) atoms. The molecule has 0 amide bonds. The van der Waals surface area contributed by atoms with Crippen molar-refractivity contribution in [1.82, 2.24) is 9.97 Å². The van der Waals surface area contributed by atoms with Gasteiger partial charge in [-0.3, -0.25) is 0 Å². The second-order valence-electron chi connectivity index (χ2n) is 3.36. The summed E-state index contributed by atoms with van der Waals surface area (Å²) >= 11 is 5.84. The number of nitrogens with one attached hydrogen (secondary N) is 1. The molecule has 1 heterocycles. The number of hydrogen-bond acceptors (Lipinski definition) is 5. The first kappa shape index (κ1) is 13.2. The number of ether oxygens (including phenoxy) is 1. The SMILES string of the molecule is CCOCc1nc(Cl)cc(NCC(C)O)n1. The Hall–Kier alpha value is -0.910. The third-order valence-corrected chi connectivity index (χ3v) is 1.95. The van der Waals surface area contributed by atoms with Gasteiger partial charge in [0.15, 0.2) is 5.82 Å². The fraction of sp³-hybridized carbons (Fsp3) is 0.600. The maximum absolute atomic E-state index is 9.13. The summed E-state index contributed by atoms with van der Waals surface area (Å²) in [4.78, 5) is 8.23. The Morgan fingerprint density at radius 3 is 2.94 bits per heavy atom. The van der Waals surface area contributed by atoms with E-state index in [1.807, 2.05) is 6.92 Å². The molecule has 1 aromatic rings. The fourth-order valence-electron chi connectivity index (χ4n) is 1.07. The molecule has 0 aliphatic heterocycles. The highest BCUT2D eigenvalue weighted by atomic mass is 35.5. The van der Waals surface area contributed by atoms with E-state index in [1.54, 1.807) is 13.0 Å². The van der Waals surface area contributed by atoms with Crippen LogP contribution >= 0.6 is 11.6 Å². The van der Waals surface area contributed by atoms with Crippen LogP contribution in [0.5, 0.6) is 0 Å². The predicted molar refractivity (Wildman–Crippen MR) is 62.5 cm³/mol. The van der Waals surface area contributed by atoms with E-state index >= 15 is 0 Å². The molecule has 1 atom stereocenters. The molecule has 1 rings (SSSR count). The van der Waals surface area contributed by atoms with Gasteiger partial charge in [0.25, 0.3) is 0 Å². The molecule has 0 aliphatic rings. The van der Waals surface area contributed by atoms with Crippen LogP contribution in [0.25, 0.3) is 0 Å². The van der Waals surface area contributed by atoms with Crippen LogP contribution in [0.4, 0.5) is 5.82 Å². The van der Waals surface area contributed by atoms with E-state index in [9.17, 15) is 0 Å². The molecule has 0 spiro atoms. The number of anilines is 1. The lowest BCUT2D eigenvalue weighted by molar-refractivity contribution is 0.128. The zero-order chi connectivity index (χ0) is 12.0. The molecule has 1 unspecified atom stereocenters. The highest BCUT2D eigenvalue weighted by Gasteiger charge is 2.04. The molecular weight excluding hydrogens is 230 g/mol. The minimum atomic E-state index is -0.441. The summed E-state index contributed by atoms with van der Waals surface area (Å²) in [6, 6.07) is 1.61. The van der Waals surface area contributed by atoms with Crippen LogP contribution in [-0.4, -0.2) is 34.3 Å². The molecule has 90 valence electrons. The summed E-state index contributed by atoms with van der Waals surface area (Å²) < 4.78 is 5.19. The molecule has 0 bridgehead atoms. The van der Waals surface area contributed by atoms with Gasteiger partial charge in [-0.05, 0) is 13.8 Å². The molecule has 5 nitrogen and oxygen atoms in total. The zero-order valence-electron chi connectivity index (χ0n) is 9.40. The van der Waals surface area contributed by atoms with Crippen molar-refractivity contribution in [3.63, 3.8) is 0 Å². The standard InChI is InChI=1S/C10H16ClN3O2/c1-3-16-6-10-13-8(11)4-9(14-10)12-5-7(2)15/h4,7,15H,3,5-6H2,1-2H3,(H,12,13,14). The van der Waals surface area contributed by atoms with Crippen LogP contribution in [-0.2, 0) is 11.3 Å². The lowest BCUT2D eigenvalue weighted by atomic mass is 10.4. The van der Waals surface area contributed by atoms with Gasteiger partial charge in [-0.15, -0.1) is 0 Å². The highest BCUT2D eigenvalue weighted by molar-refractivity contribution is 6.29. The van der Waals surface area contributed by atoms with Crippen molar-refractivity contribution in [3.8, 4) is 0 Å². The molecule has 0 saturated heterocycles. The average Bonchev–Trinajstić information content (AvgIpc) is 2.23. The van der Waals surface area contributed by atoms with Gasteiger partial charge in [-0.1, -0.05) is 11.6 Å².